The lowest BCUT2D eigenvalue weighted by Crippen LogP contribution is -2.35. The molecular formula is C94H91N6O3+3. The Labute approximate surface area is 604 Å². The number of aromatic nitrogens is 6. The SMILES string of the molecule is Cc1cccc(C(C)C)c1-[n+]1cc(-c2c(C)ccc3c2oc2ccccc23)n(C)c1-c1ccccc1.Cc1cccc(C(C)C)c1-[n+]1cc(-c2c(C)ccc3c2oc2ccccc23)n(C)c1-c1ccccc1.Cc1cccc(C(C)C)c1-[n+]1cc(-c2c(C)ccc3c2oc2ccccc23)n(C)c1C. The van der Waals surface area contributed by atoms with Gasteiger partial charge in [-0.1, -0.05) is 224 Å². The number of hydrogen-bond acceptors (Lipinski definition) is 3. The van der Waals surface area contributed by atoms with Crippen LogP contribution in [-0.2, 0) is 21.1 Å². The van der Waals surface area contributed by atoms with Gasteiger partial charge in [0, 0.05) is 55.9 Å². The number of para-hydroxylation sites is 6. The van der Waals surface area contributed by atoms with Gasteiger partial charge in [-0.3, -0.25) is 0 Å². The van der Waals surface area contributed by atoms with Crippen molar-refractivity contribution in [3.8, 4) is 73.6 Å². The molecule has 0 aliphatic rings. The smallest absolute Gasteiger partial charge is 0.294 e. The average Bonchev–Trinajstić information content (AvgIpc) is 1.60. The van der Waals surface area contributed by atoms with E-state index >= 15 is 0 Å². The minimum absolute atomic E-state index is 0.403. The van der Waals surface area contributed by atoms with Crippen molar-refractivity contribution < 1.29 is 27.0 Å². The number of rotatable bonds is 11. The van der Waals surface area contributed by atoms with Crippen molar-refractivity contribution in [3.63, 3.8) is 0 Å². The molecule has 17 rings (SSSR count). The first kappa shape index (κ1) is 67.3. The Morgan fingerprint density at radius 3 is 0.893 bits per heavy atom. The van der Waals surface area contributed by atoms with E-state index in [0.717, 1.165) is 100 Å². The Bertz CT molecular complexity index is 5840. The van der Waals surface area contributed by atoms with Crippen molar-refractivity contribution in [1.82, 2.24) is 13.7 Å². The van der Waals surface area contributed by atoms with Gasteiger partial charge in [0.05, 0.1) is 49.0 Å². The molecule has 0 radical (unpaired) electrons. The van der Waals surface area contributed by atoms with Crippen LogP contribution in [0.25, 0.3) is 139 Å². The second kappa shape index (κ2) is 27.1. The molecule has 17 aromatic rings. The second-order valence-electron chi connectivity index (χ2n) is 29.0. The molecule has 512 valence electrons. The highest BCUT2D eigenvalue weighted by Gasteiger charge is 2.34. The molecule has 9 nitrogen and oxygen atoms in total. The summed E-state index contributed by atoms with van der Waals surface area (Å²) in [7, 11) is 6.49. The Hall–Kier alpha value is -11.6. The van der Waals surface area contributed by atoms with Gasteiger partial charge in [-0.25, -0.2) is 13.7 Å². The van der Waals surface area contributed by atoms with E-state index in [-0.39, 0.29) is 0 Å². The van der Waals surface area contributed by atoms with Gasteiger partial charge in [-0.15, -0.1) is 0 Å². The molecule has 6 heterocycles. The highest BCUT2D eigenvalue weighted by Crippen LogP contribution is 2.43. The van der Waals surface area contributed by atoms with E-state index in [4.69, 9.17) is 13.3 Å². The zero-order valence-corrected chi connectivity index (χ0v) is 62.2. The van der Waals surface area contributed by atoms with Crippen molar-refractivity contribution in [2.45, 2.75) is 108 Å². The van der Waals surface area contributed by atoms with Gasteiger partial charge in [-0.05, 0) is 135 Å². The highest BCUT2D eigenvalue weighted by atomic mass is 16.3. The van der Waals surface area contributed by atoms with Crippen LogP contribution in [0.3, 0.4) is 0 Å². The lowest BCUT2D eigenvalue weighted by atomic mass is 9.97. The van der Waals surface area contributed by atoms with Crippen molar-refractivity contribution in [2.75, 3.05) is 0 Å². The molecule has 0 fully saturated rings. The number of aryl methyl sites for hydroxylation is 6. The molecule has 0 amide bonds. The lowest BCUT2D eigenvalue weighted by molar-refractivity contribution is -0.603. The van der Waals surface area contributed by atoms with Crippen LogP contribution in [0, 0.1) is 48.5 Å². The molecule has 103 heavy (non-hydrogen) atoms. The molecule has 0 N–H and O–H groups in total. The quantitative estimate of drug-likeness (QED) is 0.121. The summed E-state index contributed by atoms with van der Waals surface area (Å²) in [6, 6.07) is 79.3. The van der Waals surface area contributed by atoms with Gasteiger partial charge >= 0.3 is 0 Å². The minimum Gasteiger partial charge on any atom is -0.455 e. The summed E-state index contributed by atoms with van der Waals surface area (Å²) in [5, 5.41) is 6.94. The van der Waals surface area contributed by atoms with Gasteiger partial charge in [0.2, 0.25) is 0 Å². The molecule has 0 saturated carbocycles. The first-order valence-electron chi connectivity index (χ1n) is 36.2. The molecule has 0 saturated heterocycles. The summed E-state index contributed by atoms with van der Waals surface area (Å²) in [4.78, 5) is 0. The first-order valence-corrected chi connectivity index (χ1v) is 36.2. The van der Waals surface area contributed by atoms with Crippen LogP contribution in [0.2, 0.25) is 0 Å². The predicted molar refractivity (Wildman–Crippen MR) is 425 cm³/mol. The van der Waals surface area contributed by atoms with Crippen molar-refractivity contribution in [2.24, 2.45) is 21.1 Å². The number of imidazole rings is 3. The lowest BCUT2D eigenvalue weighted by Gasteiger charge is -2.13. The van der Waals surface area contributed by atoms with Crippen LogP contribution in [0.5, 0.6) is 0 Å². The number of furan rings is 3. The highest BCUT2D eigenvalue weighted by molar-refractivity contribution is 6.12. The van der Waals surface area contributed by atoms with E-state index < -0.39 is 0 Å². The number of nitrogens with zero attached hydrogens (tertiary/aromatic N) is 6. The van der Waals surface area contributed by atoms with E-state index in [2.05, 4.69) is 357 Å². The maximum atomic E-state index is 6.50. The third kappa shape index (κ3) is 11.7. The van der Waals surface area contributed by atoms with Gasteiger partial charge in [0.15, 0.2) is 17.1 Å². The number of fused-ring (bicyclic) bond motifs is 9. The summed E-state index contributed by atoms with van der Waals surface area (Å²) in [6.45, 7) is 28.9. The Kier molecular flexibility index (Phi) is 17.7. The second-order valence-corrected chi connectivity index (χ2v) is 29.0. The first-order chi connectivity index (χ1) is 49.8. The molecule has 6 aromatic heterocycles. The molecule has 0 atom stereocenters. The van der Waals surface area contributed by atoms with Crippen LogP contribution in [0.4, 0.5) is 0 Å². The van der Waals surface area contributed by atoms with Crippen molar-refractivity contribution >= 4 is 65.8 Å². The Morgan fingerprint density at radius 2 is 0.563 bits per heavy atom. The molecule has 9 heteroatoms. The average molecular weight is 1350 g/mol. The third-order valence-electron chi connectivity index (χ3n) is 21.3. The molecule has 11 aromatic carbocycles. The van der Waals surface area contributed by atoms with Crippen LogP contribution in [-0.4, -0.2) is 13.7 Å². The molecule has 0 unspecified atom stereocenters. The topological polar surface area (TPSA) is 65.8 Å². The standard InChI is InChI=1S/2C33H31N2O.C28H29N2O/c2*1-21(2)25-16-11-12-23(4)31(25)35-20-28(34(5)33(35)24-13-7-6-8-14-24)30-22(3)18-19-27-26-15-9-10-17-29(26)36-32(27)30;1-17(2)21-12-9-10-19(4)27(21)30-16-24(29(6)20(30)5)26-18(3)14-15-23-22-11-7-8-13-25(22)31-28(23)26/h2*6-21H,1-5H3;7-17H,1-6H3/q3*+1. The molecule has 0 spiro atoms. The minimum atomic E-state index is 0.403. The van der Waals surface area contributed by atoms with E-state index in [9.17, 15) is 0 Å². The summed E-state index contributed by atoms with van der Waals surface area (Å²) < 4.78 is 33.4. The van der Waals surface area contributed by atoms with Gasteiger partial charge < -0.3 is 13.3 Å². The van der Waals surface area contributed by atoms with E-state index in [1.165, 1.54) is 94.9 Å². The molecule has 0 bridgehead atoms. The van der Waals surface area contributed by atoms with Gasteiger partial charge in [0.1, 0.15) is 69.2 Å². The number of benzene rings is 11. The molecule has 0 aliphatic heterocycles. The zero-order valence-electron chi connectivity index (χ0n) is 62.2. The Balaban J connectivity index is 0.000000125. The van der Waals surface area contributed by atoms with Crippen LogP contribution >= 0.6 is 0 Å². The van der Waals surface area contributed by atoms with Crippen LogP contribution in [0.1, 0.15) is 115 Å². The molecule has 0 aliphatic carbocycles. The monoisotopic (exact) mass is 1350 g/mol. The van der Waals surface area contributed by atoms with E-state index in [0.29, 0.717) is 17.8 Å². The van der Waals surface area contributed by atoms with Crippen LogP contribution in [0.15, 0.2) is 256 Å². The van der Waals surface area contributed by atoms with Crippen molar-refractivity contribution in [3.05, 3.63) is 299 Å². The van der Waals surface area contributed by atoms with Crippen LogP contribution < -0.4 is 13.7 Å². The largest absolute Gasteiger partial charge is 0.455 e. The summed E-state index contributed by atoms with van der Waals surface area (Å²) in [5.41, 5.74) is 30.1. The Morgan fingerprint density at radius 1 is 0.272 bits per heavy atom. The summed E-state index contributed by atoms with van der Waals surface area (Å²) >= 11 is 0. The molecular weight excluding hydrogens is 1260 g/mol. The van der Waals surface area contributed by atoms with Gasteiger partial charge in [0.25, 0.3) is 17.5 Å². The van der Waals surface area contributed by atoms with E-state index in [1.54, 1.807) is 0 Å². The maximum Gasteiger partial charge on any atom is 0.294 e. The third-order valence-corrected chi connectivity index (χ3v) is 21.3. The predicted octanol–water partition coefficient (Wildman–Crippen LogP) is 23.5. The zero-order chi connectivity index (χ0) is 71.8. The van der Waals surface area contributed by atoms with Gasteiger partial charge in [-0.2, -0.15) is 13.7 Å². The van der Waals surface area contributed by atoms with Crippen molar-refractivity contribution in [1.29, 1.82) is 0 Å². The van der Waals surface area contributed by atoms with E-state index in [1.807, 2.05) is 24.3 Å². The maximum absolute atomic E-state index is 6.50. The summed E-state index contributed by atoms with van der Waals surface area (Å²) in [6.07, 6.45) is 6.87. The number of hydrogen-bond donors (Lipinski definition) is 0. The fourth-order valence-corrected chi connectivity index (χ4v) is 15.9. The summed E-state index contributed by atoms with van der Waals surface area (Å²) in [5.74, 6) is 4.74. The fraction of sp³-hybridized carbons (Fsp3) is 0.202. The normalized spacial score (nSPS) is 11.8. The fourth-order valence-electron chi connectivity index (χ4n) is 15.9.